The van der Waals surface area contributed by atoms with Gasteiger partial charge in [-0.2, -0.15) is 0 Å². The van der Waals surface area contributed by atoms with Crippen LogP contribution in [0.2, 0.25) is 0 Å². The van der Waals surface area contributed by atoms with E-state index in [2.05, 4.69) is 6.58 Å². The Labute approximate surface area is 73.8 Å². The van der Waals surface area contributed by atoms with Gasteiger partial charge in [0, 0.05) is 13.0 Å². The van der Waals surface area contributed by atoms with E-state index >= 15 is 0 Å². The van der Waals surface area contributed by atoms with Gasteiger partial charge in [0.2, 0.25) is 5.91 Å². The van der Waals surface area contributed by atoms with Crippen LogP contribution in [-0.2, 0) is 30.5 Å². The Kier molecular flexibility index (Phi) is 5.98. The van der Waals surface area contributed by atoms with Crippen molar-refractivity contribution >= 4 is 5.91 Å². The van der Waals surface area contributed by atoms with Crippen LogP contribution in [0.5, 0.6) is 0 Å². The van der Waals surface area contributed by atoms with E-state index in [-0.39, 0.29) is 5.91 Å². The Morgan fingerprint density at radius 1 is 1.55 bits per heavy atom. The second-order valence-electron chi connectivity index (χ2n) is 1.96. The average Bonchev–Trinajstić information content (AvgIpc) is 2.36. The Morgan fingerprint density at radius 2 is 2.09 bits per heavy atom. The Bertz CT molecular complexity index is 186. The van der Waals surface area contributed by atoms with Gasteiger partial charge >= 0.3 is 25.7 Å². The van der Waals surface area contributed by atoms with Crippen LogP contribution in [0.3, 0.4) is 0 Å². The molecule has 1 amide bonds. The van der Waals surface area contributed by atoms with Crippen LogP contribution in [-0.4, -0.2) is 17.4 Å². The van der Waals surface area contributed by atoms with Gasteiger partial charge in [-0.15, -0.1) is 0 Å². The molecule has 1 saturated heterocycles. The molecule has 0 aromatic heterocycles. The molecule has 1 aliphatic heterocycles. The third kappa shape index (κ3) is 4.06. The van der Waals surface area contributed by atoms with Crippen LogP contribution < -0.4 is 0 Å². The Hall–Kier alpha value is -0.476. The maximum absolute atomic E-state index is 10.7. The van der Waals surface area contributed by atoms with Gasteiger partial charge in [0.05, 0.1) is 0 Å². The van der Waals surface area contributed by atoms with E-state index in [1.54, 1.807) is 11.1 Å². The predicted octanol–water partition coefficient (Wildman–Crippen LogP) is 0.512. The molecule has 1 rings (SSSR count). The standard InChI is InChI=1S/C6H9NO.2O.Ti/c1-2-7-5-3-4-6(7)8;;;/h2H,1,3-5H2;;;. The van der Waals surface area contributed by atoms with Crippen molar-refractivity contribution in [2.75, 3.05) is 6.54 Å². The monoisotopic (exact) mass is 191 g/mol. The maximum atomic E-state index is 10.7. The van der Waals surface area contributed by atoms with Crippen molar-refractivity contribution in [1.29, 1.82) is 0 Å². The molecular formula is C6H9NO3Ti. The first-order valence-corrected chi connectivity index (χ1v) is 4.45. The molecule has 0 aromatic carbocycles. The van der Waals surface area contributed by atoms with E-state index in [0.717, 1.165) is 13.0 Å². The van der Waals surface area contributed by atoms with Gasteiger partial charge in [-0.3, -0.25) is 4.79 Å². The predicted molar refractivity (Wildman–Crippen MR) is 32.5 cm³/mol. The van der Waals surface area contributed by atoms with E-state index in [4.69, 9.17) is 6.65 Å². The Balaban J connectivity index is 0.000000292. The van der Waals surface area contributed by atoms with Gasteiger partial charge in [0.1, 0.15) is 0 Å². The number of hydrogen-bond donors (Lipinski definition) is 0. The zero-order chi connectivity index (χ0) is 8.69. The number of likely N-dealkylation sites (tertiary alicyclic amines) is 1. The molecule has 0 unspecified atom stereocenters. The van der Waals surface area contributed by atoms with Crippen LogP contribution in [0.15, 0.2) is 12.8 Å². The van der Waals surface area contributed by atoms with Crippen molar-refractivity contribution in [2.45, 2.75) is 12.8 Å². The van der Waals surface area contributed by atoms with Gasteiger partial charge in [0.25, 0.3) is 0 Å². The molecule has 0 spiro atoms. The number of carbonyl (C=O) groups is 1. The zero-order valence-corrected chi connectivity index (χ0v) is 7.64. The molecule has 1 heterocycles. The van der Waals surface area contributed by atoms with E-state index in [1.807, 2.05) is 0 Å². The summed E-state index contributed by atoms with van der Waals surface area (Å²) in [5, 5.41) is 0. The molecule has 1 fully saturated rings. The summed E-state index contributed by atoms with van der Waals surface area (Å²) < 4.78 is 17.0. The van der Waals surface area contributed by atoms with Gasteiger partial charge < -0.3 is 4.90 Å². The van der Waals surface area contributed by atoms with E-state index in [1.165, 1.54) is 0 Å². The number of rotatable bonds is 1. The molecular weight excluding hydrogens is 182 g/mol. The van der Waals surface area contributed by atoms with E-state index in [9.17, 15) is 4.79 Å². The van der Waals surface area contributed by atoms with Crippen LogP contribution in [0.25, 0.3) is 0 Å². The molecule has 0 bridgehead atoms. The minimum absolute atomic E-state index is 0.208. The van der Waals surface area contributed by atoms with Gasteiger partial charge in [-0.1, -0.05) is 6.58 Å². The van der Waals surface area contributed by atoms with Crippen molar-refractivity contribution in [3.8, 4) is 0 Å². The van der Waals surface area contributed by atoms with Crippen LogP contribution in [0, 0.1) is 0 Å². The van der Waals surface area contributed by atoms with Gasteiger partial charge in [0.15, 0.2) is 0 Å². The first-order valence-electron chi connectivity index (χ1n) is 3.17. The van der Waals surface area contributed by atoms with Crippen molar-refractivity contribution in [2.24, 2.45) is 0 Å². The summed E-state index contributed by atoms with van der Waals surface area (Å²) >= 11 is -2.00. The number of nitrogens with zero attached hydrogens (tertiary/aromatic N) is 1. The first kappa shape index (κ1) is 10.5. The molecule has 5 heteroatoms. The summed E-state index contributed by atoms with van der Waals surface area (Å²) in [5.41, 5.74) is 0. The molecule has 4 nitrogen and oxygen atoms in total. The molecule has 1 aliphatic rings. The molecule has 0 aliphatic carbocycles. The molecule has 0 aromatic rings. The van der Waals surface area contributed by atoms with Crippen molar-refractivity contribution < 1.29 is 30.5 Å². The van der Waals surface area contributed by atoms with E-state index in [0.29, 0.717) is 6.42 Å². The molecule has 0 atom stereocenters. The number of hydrogen-bond acceptors (Lipinski definition) is 3. The van der Waals surface area contributed by atoms with Gasteiger partial charge in [-0.05, 0) is 12.6 Å². The minimum atomic E-state index is -2.00. The average molecular weight is 191 g/mol. The summed E-state index contributed by atoms with van der Waals surface area (Å²) in [6, 6.07) is 0. The van der Waals surface area contributed by atoms with Crippen LogP contribution >= 0.6 is 0 Å². The summed E-state index contributed by atoms with van der Waals surface area (Å²) in [6.45, 7) is 4.36. The third-order valence-corrected chi connectivity index (χ3v) is 1.33. The Morgan fingerprint density at radius 3 is 2.27 bits per heavy atom. The van der Waals surface area contributed by atoms with Crippen LogP contribution in [0.4, 0.5) is 0 Å². The van der Waals surface area contributed by atoms with Crippen LogP contribution in [0.1, 0.15) is 12.8 Å². The number of carbonyl (C=O) groups excluding carboxylic acids is 1. The van der Waals surface area contributed by atoms with Crippen molar-refractivity contribution in [1.82, 2.24) is 4.90 Å². The fourth-order valence-corrected chi connectivity index (χ4v) is 0.862. The van der Waals surface area contributed by atoms with E-state index < -0.39 is 19.1 Å². The third-order valence-electron chi connectivity index (χ3n) is 1.33. The fraction of sp³-hybridized carbons (Fsp3) is 0.500. The summed E-state index contributed by atoms with van der Waals surface area (Å²) in [7, 11) is 0. The second kappa shape index (κ2) is 6.25. The molecule has 11 heavy (non-hydrogen) atoms. The normalized spacial score (nSPS) is 14.9. The summed E-state index contributed by atoms with van der Waals surface area (Å²) in [5.74, 6) is 0.208. The van der Waals surface area contributed by atoms with Crippen molar-refractivity contribution in [3.05, 3.63) is 12.8 Å². The second-order valence-corrected chi connectivity index (χ2v) is 2.22. The SMILES string of the molecule is C=CN1CCCC1=O.[O]=[Ti]=[O]. The van der Waals surface area contributed by atoms with Crippen molar-refractivity contribution in [3.63, 3.8) is 0 Å². The molecule has 0 radical (unpaired) electrons. The van der Waals surface area contributed by atoms with Gasteiger partial charge in [-0.25, -0.2) is 0 Å². The molecule has 60 valence electrons. The molecule has 0 N–H and O–H groups in total. The molecule has 0 saturated carbocycles. The first-order chi connectivity index (χ1) is 5.26. The number of amides is 1. The fourth-order valence-electron chi connectivity index (χ4n) is 0.862. The summed E-state index contributed by atoms with van der Waals surface area (Å²) in [6.07, 6.45) is 3.28. The quantitative estimate of drug-likeness (QED) is 0.567. The topological polar surface area (TPSA) is 54.5 Å². The summed E-state index contributed by atoms with van der Waals surface area (Å²) in [4.78, 5) is 12.3. The zero-order valence-electron chi connectivity index (χ0n) is 6.08.